The second kappa shape index (κ2) is 6.95. The monoisotopic (exact) mass is 294 g/mol. The van der Waals surface area contributed by atoms with Crippen LogP contribution in [0, 0.1) is 5.41 Å². The lowest BCUT2D eigenvalue weighted by molar-refractivity contribution is 0.235. The highest BCUT2D eigenvalue weighted by Crippen LogP contribution is 2.35. The summed E-state index contributed by atoms with van der Waals surface area (Å²) in [6.45, 7) is 4.73. The molecule has 1 aliphatic heterocycles. The van der Waals surface area contributed by atoms with Gasteiger partial charge in [0.2, 0.25) is 0 Å². The van der Waals surface area contributed by atoms with Gasteiger partial charge in [0.05, 0.1) is 0 Å². The van der Waals surface area contributed by atoms with E-state index in [-0.39, 0.29) is 0 Å². The average Bonchev–Trinajstić information content (AvgIpc) is 2.56. The summed E-state index contributed by atoms with van der Waals surface area (Å²) in [5.74, 6) is 1.14. The van der Waals surface area contributed by atoms with Crippen molar-refractivity contribution in [3.8, 4) is 0 Å². The van der Waals surface area contributed by atoms with Gasteiger partial charge in [-0.1, -0.05) is 43.3 Å². The van der Waals surface area contributed by atoms with E-state index in [1.54, 1.807) is 0 Å². The van der Waals surface area contributed by atoms with Gasteiger partial charge in [-0.2, -0.15) is 0 Å². The Hall–Kier alpha value is -1.83. The van der Waals surface area contributed by atoms with Crippen molar-refractivity contribution in [1.82, 2.24) is 4.98 Å². The van der Waals surface area contributed by atoms with Gasteiger partial charge < -0.3 is 4.90 Å². The molecule has 2 aromatic rings. The summed E-state index contributed by atoms with van der Waals surface area (Å²) in [6, 6.07) is 17.1. The summed E-state index contributed by atoms with van der Waals surface area (Å²) in [4.78, 5) is 6.99. The Bertz CT molecular complexity index is 567. The maximum absolute atomic E-state index is 4.52. The normalized spacial score (nSPS) is 21.8. The number of hydrogen-bond donors (Lipinski definition) is 0. The lowest BCUT2D eigenvalue weighted by Crippen LogP contribution is -2.42. The van der Waals surface area contributed by atoms with Gasteiger partial charge in [0.1, 0.15) is 5.82 Å². The standard InChI is InChI=1S/C20H26N2/c1-20(13-7-11-18-9-3-2-4-10-18)14-8-16-22(17-20)19-12-5-6-15-21-19/h2-6,9-10,12,15H,7-8,11,13-14,16-17H2,1H3. The number of rotatable bonds is 5. The minimum Gasteiger partial charge on any atom is -0.356 e. The zero-order valence-electron chi connectivity index (χ0n) is 13.5. The molecule has 1 aromatic heterocycles. The predicted molar refractivity (Wildman–Crippen MR) is 93.2 cm³/mol. The van der Waals surface area contributed by atoms with Crippen LogP contribution in [0.4, 0.5) is 5.82 Å². The number of hydrogen-bond acceptors (Lipinski definition) is 2. The van der Waals surface area contributed by atoms with Crippen LogP contribution in [-0.2, 0) is 6.42 Å². The fourth-order valence-corrected chi connectivity index (χ4v) is 3.62. The second-order valence-electron chi connectivity index (χ2n) is 6.86. The third kappa shape index (κ3) is 3.88. The zero-order valence-corrected chi connectivity index (χ0v) is 13.5. The molecule has 1 aliphatic rings. The Morgan fingerprint density at radius 2 is 1.91 bits per heavy atom. The molecule has 0 N–H and O–H groups in total. The molecular weight excluding hydrogens is 268 g/mol. The van der Waals surface area contributed by atoms with Gasteiger partial charge in [0, 0.05) is 19.3 Å². The first-order chi connectivity index (χ1) is 10.8. The molecule has 0 spiro atoms. The minimum absolute atomic E-state index is 0.421. The summed E-state index contributed by atoms with van der Waals surface area (Å²) < 4.78 is 0. The molecule has 2 nitrogen and oxygen atoms in total. The SMILES string of the molecule is CC1(CCCc2ccccc2)CCCN(c2ccccn2)C1. The van der Waals surface area contributed by atoms with E-state index in [9.17, 15) is 0 Å². The summed E-state index contributed by atoms with van der Waals surface area (Å²) in [5, 5.41) is 0. The van der Waals surface area contributed by atoms with Crippen LogP contribution in [0.5, 0.6) is 0 Å². The molecule has 2 heterocycles. The summed E-state index contributed by atoms with van der Waals surface area (Å²) in [6.07, 6.45) is 8.28. The number of aryl methyl sites for hydroxylation is 1. The smallest absolute Gasteiger partial charge is 0.128 e. The fraction of sp³-hybridized carbons (Fsp3) is 0.450. The maximum Gasteiger partial charge on any atom is 0.128 e. The molecule has 1 atom stereocenters. The van der Waals surface area contributed by atoms with E-state index in [4.69, 9.17) is 0 Å². The first-order valence-corrected chi connectivity index (χ1v) is 8.45. The number of anilines is 1. The lowest BCUT2D eigenvalue weighted by Gasteiger charge is -2.41. The van der Waals surface area contributed by atoms with E-state index < -0.39 is 0 Å². The zero-order chi connectivity index (χ0) is 15.3. The van der Waals surface area contributed by atoms with Crippen molar-refractivity contribution in [1.29, 1.82) is 0 Å². The molecular formula is C20H26N2. The van der Waals surface area contributed by atoms with Gasteiger partial charge in [-0.3, -0.25) is 0 Å². The van der Waals surface area contributed by atoms with E-state index in [1.807, 2.05) is 12.3 Å². The number of aromatic nitrogens is 1. The van der Waals surface area contributed by atoms with Crippen LogP contribution in [-0.4, -0.2) is 18.1 Å². The topological polar surface area (TPSA) is 16.1 Å². The number of piperidine rings is 1. The van der Waals surface area contributed by atoms with E-state index in [0.29, 0.717) is 5.41 Å². The average molecular weight is 294 g/mol. The first kappa shape index (κ1) is 15.1. The molecule has 0 bridgehead atoms. The van der Waals surface area contributed by atoms with Gasteiger partial charge in [-0.25, -0.2) is 4.98 Å². The largest absolute Gasteiger partial charge is 0.356 e. The molecule has 22 heavy (non-hydrogen) atoms. The Kier molecular flexibility index (Phi) is 4.77. The molecule has 1 fully saturated rings. The van der Waals surface area contributed by atoms with Crippen LogP contribution >= 0.6 is 0 Å². The second-order valence-corrected chi connectivity index (χ2v) is 6.86. The Morgan fingerprint density at radius 3 is 2.68 bits per heavy atom. The predicted octanol–water partition coefficient (Wildman–Crippen LogP) is 4.71. The number of nitrogens with zero attached hydrogens (tertiary/aromatic N) is 2. The molecule has 3 rings (SSSR count). The van der Waals surface area contributed by atoms with Gasteiger partial charge in [0.25, 0.3) is 0 Å². The highest BCUT2D eigenvalue weighted by molar-refractivity contribution is 5.38. The van der Waals surface area contributed by atoms with E-state index in [0.717, 1.165) is 18.9 Å². The third-order valence-corrected chi connectivity index (χ3v) is 4.84. The van der Waals surface area contributed by atoms with Crippen LogP contribution in [0.15, 0.2) is 54.7 Å². The molecule has 1 aromatic carbocycles. The minimum atomic E-state index is 0.421. The maximum atomic E-state index is 4.52. The molecule has 1 unspecified atom stereocenters. The highest BCUT2D eigenvalue weighted by atomic mass is 15.2. The van der Waals surface area contributed by atoms with Crippen molar-refractivity contribution < 1.29 is 0 Å². The van der Waals surface area contributed by atoms with Crippen molar-refractivity contribution in [3.63, 3.8) is 0 Å². The first-order valence-electron chi connectivity index (χ1n) is 8.45. The van der Waals surface area contributed by atoms with Crippen molar-refractivity contribution in [2.24, 2.45) is 5.41 Å². The van der Waals surface area contributed by atoms with Crippen molar-refractivity contribution >= 4 is 5.82 Å². The molecule has 0 radical (unpaired) electrons. The van der Waals surface area contributed by atoms with E-state index >= 15 is 0 Å². The van der Waals surface area contributed by atoms with Crippen LogP contribution in [0.3, 0.4) is 0 Å². The molecule has 0 saturated carbocycles. The van der Waals surface area contributed by atoms with E-state index in [2.05, 4.69) is 59.3 Å². The van der Waals surface area contributed by atoms with Gasteiger partial charge in [0.15, 0.2) is 0 Å². The van der Waals surface area contributed by atoms with E-state index in [1.165, 1.54) is 37.7 Å². The van der Waals surface area contributed by atoms with Gasteiger partial charge >= 0.3 is 0 Å². The highest BCUT2D eigenvalue weighted by Gasteiger charge is 2.30. The molecule has 0 amide bonds. The number of benzene rings is 1. The fourth-order valence-electron chi connectivity index (χ4n) is 3.62. The Morgan fingerprint density at radius 1 is 1.09 bits per heavy atom. The van der Waals surface area contributed by atoms with Gasteiger partial charge in [-0.15, -0.1) is 0 Å². The van der Waals surface area contributed by atoms with Crippen molar-refractivity contribution in [2.75, 3.05) is 18.0 Å². The number of pyridine rings is 1. The lowest BCUT2D eigenvalue weighted by atomic mass is 9.77. The molecule has 0 aliphatic carbocycles. The van der Waals surface area contributed by atoms with Crippen LogP contribution in [0.2, 0.25) is 0 Å². The van der Waals surface area contributed by atoms with Crippen LogP contribution in [0.25, 0.3) is 0 Å². The quantitative estimate of drug-likeness (QED) is 0.794. The van der Waals surface area contributed by atoms with Crippen LogP contribution in [0.1, 0.15) is 38.2 Å². The molecule has 116 valence electrons. The molecule has 1 saturated heterocycles. The van der Waals surface area contributed by atoms with Crippen LogP contribution < -0.4 is 4.90 Å². The molecule has 2 heteroatoms. The summed E-state index contributed by atoms with van der Waals surface area (Å²) >= 11 is 0. The third-order valence-electron chi connectivity index (χ3n) is 4.84. The van der Waals surface area contributed by atoms with Crippen molar-refractivity contribution in [2.45, 2.75) is 39.0 Å². The van der Waals surface area contributed by atoms with Crippen molar-refractivity contribution in [3.05, 3.63) is 60.3 Å². The van der Waals surface area contributed by atoms with Gasteiger partial charge in [-0.05, 0) is 55.2 Å². The Labute approximate surface area is 134 Å². The summed E-state index contributed by atoms with van der Waals surface area (Å²) in [7, 11) is 0. The summed E-state index contributed by atoms with van der Waals surface area (Å²) in [5.41, 5.74) is 1.88. The Balaban J connectivity index is 1.56.